The number of benzene rings is 2. The van der Waals surface area contributed by atoms with E-state index < -0.39 is 11.8 Å². The summed E-state index contributed by atoms with van der Waals surface area (Å²) in [4.78, 5) is 25.1. The summed E-state index contributed by atoms with van der Waals surface area (Å²) in [5, 5.41) is 5.95. The van der Waals surface area contributed by atoms with Crippen LogP contribution >= 0.6 is 11.6 Å². The largest absolute Gasteiger partial charge is 0.465 e. The van der Waals surface area contributed by atoms with Gasteiger partial charge in [-0.05, 0) is 42.0 Å². The van der Waals surface area contributed by atoms with Crippen LogP contribution in [-0.2, 0) is 11.3 Å². The summed E-state index contributed by atoms with van der Waals surface area (Å²) in [6, 6.07) is 19.3. The minimum atomic E-state index is -0.419. The van der Waals surface area contributed by atoms with Crippen LogP contribution in [0.2, 0.25) is 5.02 Å². The minimum Gasteiger partial charge on any atom is -0.465 e. The van der Waals surface area contributed by atoms with Gasteiger partial charge < -0.3 is 15.1 Å². The molecule has 0 aliphatic heterocycles. The van der Waals surface area contributed by atoms with Crippen molar-refractivity contribution >= 4 is 29.5 Å². The molecule has 0 fully saturated rings. The lowest BCUT2D eigenvalue weighted by molar-refractivity contribution is -0.117. The number of rotatable bonds is 6. The quantitative estimate of drug-likeness (QED) is 0.634. The average Bonchev–Trinajstić information content (AvgIpc) is 3.20. The zero-order valence-electron chi connectivity index (χ0n) is 14.3. The summed E-state index contributed by atoms with van der Waals surface area (Å²) >= 11 is 5.85. The van der Waals surface area contributed by atoms with E-state index in [1.165, 1.54) is 12.3 Å². The fourth-order valence-corrected chi connectivity index (χ4v) is 2.47. The third kappa shape index (κ3) is 5.33. The molecule has 3 aromatic rings. The van der Waals surface area contributed by atoms with Gasteiger partial charge in [-0.3, -0.25) is 9.59 Å². The van der Waals surface area contributed by atoms with Crippen molar-refractivity contribution in [1.29, 1.82) is 0 Å². The molecule has 0 spiro atoms. The van der Waals surface area contributed by atoms with Gasteiger partial charge in [-0.15, -0.1) is 0 Å². The average molecular weight is 381 g/mol. The van der Waals surface area contributed by atoms with Crippen LogP contribution in [0.3, 0.4) is 0 Å². The summed E-state index contributed by atoms with van der Waals surface area (Å²) in [5.41, 5.74) is 1.42. The second-order valence-corrected chi connectivity index (χ2v) is 6.14. The Morgan fingerprint density at radius 2 is 1.70 bits per heavy atom. The lowest BCUT2D eigenvalue weighted by Gasteiger charge is -2.11. The van der Waals surface area contributed by atoms with Crippen LogP contribution in [0.5, 0.6) is 0 Å². The lowest BCUT2D eigenvalue weighted by atomic mass is 10.2. The second kappa shape index (κ2) is 8.87. The third-order valence-corrected chi connectivity index (χ3v) is 3.98. The monoisotopic (exact) mass is 380 g/mol. The Balaban J connectivity index is 1.75. The minimum absolute atomic E-state index is 0.0841. The molecule has 0 aliphatic carbocycles. The summed E-state index contributed by atoms with van der Waals surface area (Å²) < 4.78 is 5.25. The topological polar surface area (TPSA) is 71.3 Å². The maximum atomic E-state index is 12.6. The normalized spacial score (nSPS) is 11.1. The van der Waals surface area contributed by atoms with E-state index in [4.69, 9.17) is 16.0 Å². The molecule has 1 heterocycles. The number of carbonyl (C=O) groups excluding carboxylic acids is 2. The Kier molecular flexibility index (Phi) is 6.07. The van der Waals surface area contributed by atoms with Crippen molar-refractivity contribution in [2.75, 3.05) is 0 Å². The molecule has 3 rings (SSSR count). The van der Waals surface area contributed by atoms with Crippen molar-refractivity contribution < 1.29 is 14.0 Å². The highest BCUT2D eigenvalue weighted by molar-refractivity contribution is 6.30. The Morgan fingerprint density at radius 1 is 0.963 bits per heavy atom. The lowest BCUT2D eigenvalue weighted by Crippen LogP contribution is -2.34. The van der Waals surface area contributed by atoms with Crippen molar-refractivity contribution in [2.24, 2.45) is 0 Å². The van der Waals surface area contributed by atoms with Crippen molar-refractivity contribution in [3.8, 4) is 0 Å². The number of hydrogen-bond acceptors (Lipinski definition) is 3. The van der Waals surface area contributed by atoms with Crippen LogP contribution in [0.25, 0.3) is 6.08 Å². The van der Waals surface area contributed by atoms with Crippen molar-refractivity contribution in [3.63, 3.8) is 0 Å². The predicted octanol–water partition coefficient (Wildman–Crippen LogP) is 4.02. The van der Waals surface area contributed by atoms with Gasteiger partial charge in [0.15, 0.2) is 0 Å². The maximum Gasteiger partial charge on any atom is 0.268 e. The first kappa shape index (κ1) is 18.5. The second-order valence-electron chi connectivity index (χ2n) is 5.70. The molecule has 0 bridgehead atoms. The molecular formula is C21H17ClN2O3. The number of furan rings is 1. The predicted molar refractivity (Wildman–Crippen MR) is 104 cm³/mol. The summed E-state index contributed by atoms with van der Waals surface area (Å²) in [5.74, 6) is -0.381. The van der Waals surface area contributed by atoms with E-state index in [0.29, 0.717) is 22.9 Å². The Morgan fingerprint density at radius 3 is 2.37 bits per heavy atom. The first-order chi connectivity index (χ1) is 13.1. The molecule has 2 amide bonds. The molecule has 0 atom stereocenters. The van der Waals surface area contributed by atoms with Crippen molar-refractivity contribution in [1.82, 2.24) is 10.6 Å². The zero-order valence-corrected chi connectivity index (χ0v) is 15.1. The molecule has 2 N–H and O–H groups in total. The van der Waals surface area contributed by atoms with E-state index in [1.54, 1.807) is 36.4 Å². The Labute approximate surface area is 161 Å². The third-order valence-electron chi connectivity index (χ3n) is 3.72. The first-order valence-corrected chi connectivity index (χ1v) is 8.64. The van der Waals surface area contributed by atoms with Crippen LogP contribution < -0.4 is 10.6 Å². The Hall–Kier alpha value is -3.31. The highest BCUT2D eigenvalue weighted by atomic mass is 35.5. The number of halogens is 1. The molecule has 0 saturated heterocycles. The number of amides is 2. The molecular weight excluding hydrogens is 364 g/mol. The number of carbonyl (C=O) groups is 2. The molecule has 2 aromatic carbocycles. The standard InChI is InChI=1S/C21H17ClN2O3/c22-17-10-8-16(9-11-17)20(25)24-19(13-18-7-4-12-27-18)21(26)23-14-15-5-2-1-3-6-15/h1-13H,14H2,(H,23,26)(H,24,25)/b19-13-. The van der Waals surface area contributed by atoms with E-state index >= 15 is 0 Å². The van der Waals surface area contributed by atoms with Gasteiger partial charge in [0.05, 0.1) is 6.26 Å². The van der Waals surface area contributed by atoms with E-state index in [2.05, 4.69) is 10.6 Å². The summed E-state index contributed by atoms with van der Waals surface area (Å²) in [6.45, 7) is 0.339. The van der Waals surface area contributed by atoms with E-state index in [1.807, 2.05) is 30.3 Å². The fraction of sp³-hybridized carbons (Fsp3) is 0.0476. The Bertz CT molecular complexity index is 933. The molecule has 6 heteroatoms. The first-order valence-electron chi connectivity index (χ1n) is 8.26. The van der Waals surface area contributed by atoms with Gasteiger partial charge in [0.2, 0.25) is 0 Å². The fourth-order valence-electron chi connectivity index (χ4n) is 2.34. The van der Waals surface area contributed by atoms with Gasteiger partial charge in [-0.2, -0.15) is 0 Å². The smallest absolute Gasteiger partial charge is 0.268 e. The molecule has 0 saturated carbocycles. The van der Waals surface area contributed by atoms with Crippen LogP contribution in [0, 0.1) is 0 Å². The zero-order chi connectivity index (χ0) is 19.1. The number of nitrogens with one attached hydrogen (secondary N) is 2. The van der Waals surface area contributed by atoms with Gasteiger partial charge in [0.1, 0.15) is 11.5 Å². The molecule has 0 unspecified atom stereocenters. The van der Waals surface area contributed by atoms with Gasteiger partial charge in [0.25, 0.3) is 11.8 Å². The van der Waals surface area contributed by atoms with E-state index in [9.17, 15) is 9.59 Å². The molecule has 5 nitrogen and oxygen atoms in total. The van der Waals surface area contributed by atoms with Gasteiger partial charge in [-0.25, -0.2) is 0 Å². The van der Waals surface area contributed by atoms with Crippen molar-refractivity contribution in [3.05, 3.63) is 101 Å². The number of hydrogen-bond donors (Lipinski definition) is 2. The van der Waals surface area contributed by atoms with Gasteiger partial charge >= 0.3 is 0 Å². The summed E-state index contributed by atoms with van der Waals surface area (Å²) in [7, 11) is 0. The van der Waals surface area contributed by atoms with E-state index in [-0.39, 0.29) is 5.70 Å². The molecule has 0 radical (unpaired) electrons. The molecule has 1 aromatic heterocycles. The molecule has 136 valence electrons. The van der Waals surface area contributed by atoms with Crippen LogP contribution in [0.15, 0.2) is 83.1 Å². The van der Waals surface area contributed by atoms with Crippen LogP contribution in [0.1, 0.15) is 21.7 Å². The van der Waals surface area contributed by atoms with Crippen molar-refractivity contribution in [2.45, 2.75) is 6.54 Å². The highest BCUT2D eigenvalue weighted by Crippen LogP contribution is 2.11. The van der Waals surface area contributed by atoms with Gasteiger partial charge in [-0.1, -0.05) is 41.9 Å². The highest BCUT2D eigenvalue weighted by Gasteiger charge is 2.15. The van der Waals surface area contributed by atoms with Gasteiger partial charge in [0, 0.05) is 23.2 Å². The molecule has 27 heavy (non-hydrogen) atoms. The summed E-state index contributed by atoms with van der Waals surface area (Å²) in [6.07, 6.45) is 2.97. The maximum absolute atomic E-state index is 12.6. The SMILES string of the molecule is O=C(NCc1ccccc1)/C(=C/c1ccco1)NC(=O)c1ccc(Cl)cc1. The van der Waals surface area contributed by atoms with Crippen LogP contribution in [-0.4, -0.2) is 11.8 Å². The molecule has 0 aliphatic rings. The van der Waals surface area contributed by atoms with E-state index in [0.717, 1.165) is 5.56 Å². The van der Waals surface area contributed by atoms with Crippen LogP contribution in [0.4, 0.5) is 0 Å².